The lowest BCUT2D eigenvalue weighted by atomic mass is 9.97. The fourth-order valence-corrected chi connectivity index (χ4v) is 3.90. The summed E-state index contributed by atoms with van der Waals surface area (Å²) in [7, 11) is 2.12. The number of aryl methyl sites for hydroxylation is 1. The normalized spacial score (nSPS) is 22.2. The van der Waals surface area contributed by atoms with E-state index >= 15 is 0 Å². The highest BCUT2D eigenvalue weighted by atomic mass is 14.9. The molecule has 1 aromatic carbocycles. The molecular weight excluding hydrogens is 230 g/mol. The van der Waals surface area contributed by atoms with E-state index in [1.54, 1.807) is 0 Å². The first-order chi connectivity index (χ1) is 8.91. The maximum Gasteiger partial charge on any atom is 0.0103 e. The van der Waals surface area contributed by atoms with Crippen LogP contribution < -0.4 is 5.32 Å². The van der Waals surface area contributed by atoms with Gasteiger partial charge in [-0.3, -0.25) is 0 Å². The van der Waals surface area contributed by atoms with Crippen molar-refractivity contribution in [1.82, 2.24) is 5.32 Å². The summed E-state index contributed by atoms with van der Waals surface area (Å²) < 4.78 is 0. The smallest absolute Gasteiger partial charge is 0.0103 e. The van der Waals surface area contributed by atoms with Crippen LogP contribution in [-0.2, 0) is 6.42 Å². The van der Waals surface area contributed by atoms with E-state index in [1.807, 2.05) is 0 Å². The third-order valence-electron chi connectivity index (χ3n) is 5.73. The molecule has 1 heteroatoms. The Morgan fingerprint density at radius 1 is 1.05 bits per heavy atom. The second-order valence-electron chi connectivity index (χ2n) is 7.19. The van der Waals surface area contributed by atoms with Crippen molar-refractivity contribution in [1.29, 1.82) is 0 Å². The molecule has 0 aromatic heterocycles. The number of benzene rings is 1. The lowest BCUT2D eigenvalue weighted by molar-refractivity contribution is 0.392. The third kappa shape index (κ3) is 2.72. The molecule has 0 saturated heterocycles. The molecule has 0 aliphatic heterocycles. The number of hydrogen-bond acceptors (Lipinski definition) is 1. The molecule has 1 aliphatic carbocycles. The molecule has 2 rings (SSSR count). The Kier molecular flexibility index (Phi) is 4.06. The van der Waals surface area contributed by atoms with Crippen molar-refractivity contribution in [3.63, 3.8) is 0 Å². The fraction of sp³-hybridized carbons (Fsp3) is 0.667. The standard InChI is InChI=1S/C18H29N/c1-17(2)16(18(17,3)4)15(19-5)13-9-12-14-10-7-6-8-11-14/h6-8,10-11,15-16,19H,9,12-13H2,1-5H3. The predicted molar refractivity (Wildman–Crippen MR) is 83.3 cm³/mol. The maximum atomic E-state index is 3.56. The van der Waals surface area contributed by atoms with Crippen molar-refractivity contribution in [2.75, 3.05) is 7.05 Å². The zero-order valence-corrected chi connectivity index (χ0v) is 13.2. The predicted octanol–water partition coefficient (Wildman–Crippen LogP) is 4.28. The van der Waals surface area contributed by atoms with Crippen LogP contribution in [0.15, 0.2) is 30.3 Å². The first kappa shape index (κ1) is 14.6. The lowest BCUT2D eigenvalue weighted by Gasteiger charge is -2.18. The van der Waals surface area contributed by atoms with Crippen LogP contribution in [0.1, 0.15) is 46.1 Å². The van der Waals surface area contributed by atoms with E-state index in [4.69, 9.17) is 0 Å². The summed E-state index contributed by atoms with van der Waals surface area (Å²) in [6, 6.07) is 11.5. The first-order valence-corrected chi connectivity index (χ1v) is 7.62. The van der Waals surface area contributed by atoms with Gasteiger partial charge in [-0.25, -0.2) is 0 Å². The van der Waals surface area contributed by atoms with E-state index < -0.39 is 0 Å². The van der Waals surface area contributed by atoms with Gasteiger partial charge < -0.3 is 5.32 Å². The molecule has 1 atom stereocenters. The fourth-order valence-electron chi connectivity index (χ4n) is 3.90. The maximum absolute atomic E-state index is 3.56. The molecule has 1 nitrogen and oxygen atoms in total. The molecule has 0 spiro atoms. The molecule has 0 heterocycles. The molecule has 0 radical (unpaired) electrons. The molecule has 106 valence electrons. The van der Waals surface area contributed by atoms with Crippen molar-refractivity contribution in [3.05, 3.63) is 35.9 Å². The average Bonchev–Trinajstić information content (AvgIpc) is 2.78. The van der Waals surface area contributed by atoms with Crippen molar-refractivity contribution >= 4 is 0 Å². The Bertz CT molecular complexity index is 391. The molecule has 1 fully saturated rings. The van der Waals surface area contributed by atoms with Gasteiger partial charge in [-0.2, -0.15) is 0 Å². The minimum Gasteiger partial charge on any atom is -0.317 e. The number of rotatable bonds is 6. The second-order valence-corrected chi connectivity index (χ2v) is 7.19. The van der Waals surface area contributed by atoms with Crippen LogP contribution in [0.5, 0.6) is 0 Å². The van der Waals surface area contributed by atoms with Crippen LogP contribution in [0.25, 0.3) is 0 Å². The third-order valence-corrected chi connectivity index (χ3v) is 5.73. The van der Waals surface area contributed by atoms with Crippen LogP contribution >= 0.6 is 0 Å². The van der Waals surface area contributed by atoms with Crippen molar-refractivity contribution < 1.29 is 0 Å². The van der Waals surface area contributed by atoms with E-state index in [1.165, 1.54) is 24.8 Å². The Hall–Kier alpha value is -0.820. The van der Waals surface area contributed by atoms with Gasteiger partial charge in [0.05, 0.1) is 0 Å². The van der Waals surface area contributed by atoms with Crippen molar-refractivity contribution in [2.24, 2.45) is 16.7 Å². The molecule has 0 bridgehead atoms. The second kappa shape index (κ2) is 5.28. The Morgan fingerprint density at radius 3 is 2.11 bits per heavy atom. The van der Waals surface area contributed by atoms with E-state index in [-0.39, 0.29) is 0 Å². The van der Waals surface area contributed by atoms with E-state index in [2.05, 4.69) is 70.4 Å². The van der Waals surface area contributed by atoms with Gasteiger partial charge in [0.2, 0.25) is 0 Å². The summed E-state index contributed by atoms with van der Waals surface area (Å²) in [5, 5.41) is 3.56. The van der Waals surface area contributed by atoms with Crippen LogP contribution in [-0.4, -0.2) is 13.1 Å². The summed E-state index contributed by atoms with van der Waals surface area (Å²) in [5.74, 6) is 0.806. The minimum absolute atomic E-state index is 0.480. The Labute approximate surface area is 118 Å². The summed E-state index contributed by atoms with van der Waals surface area (Å²) in [4.78, 5) is 0. The van der Waals surface area contributed by atoms with Gasteiger partial charge in [0.1, 0.15) is 0 Å². The highest BCUT2D eigenvalue weighted by molar-refractivity contribution is 5.17. The van der Waals surface area contributed by atoms with E-state index in [9.17, 15) is 0 Å². The summed E-state index contributed by atoms with van der Waals surface area (Å²) in [6.07, 6.45) is 3.76. The highest BCUT2D eigenvalue weighted by Crippen LogP contribution is 2.69. The number of nitrogens with one attached hydrogen (secondary N) is 1. The van der Waals surface area contributed by atoms with Gasteiger partial charge >= 0.3 is 0 Å². The van der Waals surface area contributed by atoms with Gasteiger partial charge in [-0.15, -0.1) is 0 Å². The highest BCUT2D eigenvalue weighted by Gasteiger charge is 2.66. The van der Waals surface area contributed by atoms with Crippen LogP contribution in [0.4, 0.5) is 0 Å². The first-order valence-electron chi connectivity index (χ1n) is 7.62. The Morgan fingerprint density at radius 2 is 1.63 bits per heavy atom. The van der Waals surface area contributed by atoms with Crippen LogP contribution in [0.2, 0.25) is 0 Å². The minimum atomic E-state index is 0.480. The van der Waals surface area contributed by atoms with Gasteiger partial charge in [0.15, 0.2) is 0 Å². The largest absolute Gasteiger partial charge is 0.317 e. The summed E-state index contributed by atoms with van der Waals surface area (Å²) in [6.45, 7) is 9.66. The summed E-state index contributed by atoms with van der Waals surface area (Å²) >= 11 is 0. The van der Waals surface area contributed by atoms with Crippen LogP contribution in [0, 0.1) is 16.7 Å². The Balaban J connectivity index is 1.85. The average molecular weight is 259 g/mol. The molecule has 1 unspecified atom stereocenters. The number of hydrogen-bond donors (Lipinski definition) is 1. The van der Waals surface area contributed by atoms with Crippen LogP contribution in [0.3, 0.4) is 0 Å². The van der Waals surface area contributed by atoms with E-state index in [0.717, 1.165) is 5.92 Å². The molecule has 1 aromatic rings. The molecule has 0 amide bonds. The van der Waals surface area contributed by atoms with Crippen molar-refractivity contribution in [3.8, 4) is 0 Å². The molecular formula is C18H29N. The van der Waals surface area contributed by atoms with Gasteiger partial charge in [-0.1, -0.05) is 58.0 Å². The molecule has 1 saturated carbocycles. The zero-order valence-electron chi connectivity index (χ0n) is 13.2. The topological polar surface area (TPSA) is 12.0 Å². The van der Waals surface area contributed by atoms with Crippen molar-refractivity contribution in [2.45, 2.75) is 53.0 Å². The van der Waals surface area contributed by atoms with Gasteiger partial charge in [0.25, 0.3) is 0 Å². The SMILES string of the molecule is CNC(CCCc1ccccc1)C1C(C)(C)C1(C)C. The zero-order chi connectivity index (χ0) is 14.1. The lowest BCUT2D eigenvalue weighted by Crippen LogP contribution is -2.30. The van der Waals surface area contributed by atoms with Gasteiger partial charge in [-0.05, 0) is 48.6 Å². The van der Waals surface area contributed by atoms with Gasteiger partial charge in [0, 0.05) is 6.04 Å². The molecule has 19 heavy (non-hydrogen) atoms. The monoisotopic (exact) mass is 259 g/mol. The quantitative estimate of drug-likeness (QED) is 0.804. The summed E-state index contributed by atoms with van der Waals surface area (Å²) in [5.41, 5.74) is 2.42. The molecule has 1 N–H and O–H groups in total. The molecule has 1 aliphatic rings. The van der Waals surface area contributed by atoms with E-state index in [0.29, 0.717) is 16.9 Å².